The lowest BCUT2D eigenvalue weighted by Crippen LogP contribution is -2.30. The zero-order valence-corrected chi connectivity index (χ0v) is 19.0. The number of aliphatic hydroxyl groups excluding tert-OH is 1. The molecule has 33 heavy (non-hydrogen) atoms. The van der Waals surface area contributed by atoms with Gasteiger partial charge >= 0.3 is 0 Å². The molecule has 8 nitrogen and oxygen atoms in total. The molecule has 0 spiro atoms. The summed E-state index contributed by atoms with van der Waals surface area (Å²) in [5.74, 6) is 1.02. The molecular formula is C24H21N3O5S. The van der Waals surface area contributed by atoms with E-state index in [1.54, 1.807) is 32.2 Å². The highest BCUT2D eigenvalue weighted by Gasteiger charge is 2.44. The van der Waals surface area contributed by atoms with E-state index in [0.29, 0.717) is 45.8 Å². The fourth-order valence-corrected chi connectivity index (χ4v) is 4.99. The number of nitrogens with zero attached hydrogens (tertiary/aromatic N) is 3. The normalized spacial score (nSPS) is 16.2. The van der Waals surface area contributed by atoms with Gasteiger partial charge in [-0.2, -0.15) is 0 Å². The highest BCUT2D eigenvalue weighted by Crippen LogP contribution is 2.48. The number of hydrogen-bond donors (Lipinski definition) is 1. The quantitative estimate of drug-likeness (QED) is 0.427. The van der Waals surface area contributed by atoms with Crippen LogP contribution >= 0.6 is 11.3 Å². The van der Waals surface area contributed by atoms with Crippen LogP contribution in [0.4, 0.5) is 5.82 Å². The largest absolute Gasteiger partial charge is 0.503 e. The van der Waals surface area contributed by atoms with Crippen LogP contribution in [0.15, 0.2) is 58.8 Å². The number of aromatic nitrogens is 2. The van der Waals surface area contributed by atoms with E-state index >= 15 is 0 Å². The van der Waals surface area contributed by atoms with Crippen LogP contribution in [0.1, 0.15) is 29.3 Å². The number of para-hydroxylation sites is 1. The summed E-state index contributed by atoms with van der Waals surface area (Å²) >= 11 is 1.41. The van der Waals surface area contributed by atoms with Gasteiger partial charge in [0.05, 0.1) is 35.5 Å². The minimum Gasteiger partial charge on any atom is -0.503 e. The van der Waals surface area contributed by atoms with Gasteiger partial charge in [0.1, 0.15) is 10.8 Å². The number of anilines is 1. The molecule has 0 fully saturated rings. The van der Waals surface area contributed by atoms with E-state index < -0.39 is 11.9 Å². The molecule has 0 unspecified atom stereocenters. The molecular weight excluding hydrogens is 442 g/mol. The average Bonchev–Trinajstić information content (AvgIpc) is 3.50. The Labute approximate surface area is 193 Å². The van der Waals surface area contributed by atoms with Gasteiger partial charge in [-0.15, -0.1) is 11.3 Å². The second kappa shape index (κ2) is 8.25. The fraction of sp³-hybridized carbons (Fsp3) is 0.208. The number of benzene rings is 2. The first-order valence-electron chi connectivity index (χ1n) is 10.4. The molecule has 1 amide bonds. The van der Waals surface area contributed by atoms with Gasteiger partial charge < -0.3 is 19.1 Å². The molecule has 0 saturated carbocycles. The van der Waals surface area contributed by atoms with Crippen molar-refractivity contribution < 1.29 is 23.9 Å². The summed E-state index contributed by atoms with van der Waals surface area (Å²) in [7, 11) is 1.56. The molecule has 1 aliphatic rings. The number of aryl methyl sites for hydroxylation is 1. The second-order valence-corrected chi connectivity index (χ2v) is 8.50. The summed E-state index contributed by atoms with van der Waals surface area (Å²) in [4.78, 5) is 19.4. The molecule has 168 valence electrons. The Hall–Kier alpha value is -3.85. The molecule has 1 atom stereocenters. The van der Waals surface area contributed by atoms with E-state index in [2.05, 4.69) is 5.16 Å². The van der Waals surface area contributed by atoms with E-state index in [4.69, 9.17) is 19.0 Å². The molecule has 3 heterocycles. The fourth-order valence-electron chi connectivity index (χ4n) is 3.96. The van der Waals surface area contributed by atoms with Crippen molar-refractivity contribution in [3.8, 4) is 11.5 Å². The number of amides is 1. The van der Waals surface area contributed by atoms with Gasteiger partial charge in [-0.25, -0.2) is 4.98 Å². The predicted octanol–water partition coefficient (Wildman–Crippen LogP) is 5.06. The second-order valence-electron chi connectivity index (χ2n) is 7.47. The molecule has 9 heteroatoms. The highest BCUT2D eigenvalue weighted by atomic mass is 32.1. The van der Waals surface area contributed by atoms with Crippen LogP contribution < -0.4 is 14.4 Å². The third-order valence-electron chi connectivity index (χ3n) is 5.40. The molecule has 1 N–H and O–H groups in total. The van der Waals surface area contributed by atoms with Crippen molar-refractivity contribution in [2.75, 3.05) is 18.6 Å². The molecule has 0 radical (unpaired) electrons. The first-order valence-corrected chi connectivity index (χ1v) is 11.2. The summed E-state index contributed by atoms with van der Waals surface area (Å²) < 4.78 is 17.4. The Bertz CT molecular complexity index is 1360. The van der Waals surface area contributed by atoms with Gasteiger partial charge in [-0.1, -0.05) is 23.4 Å². The van der Waals surface area contributed by atoms with Gasteiger partial charge in [-0.3, -0.25) is 9.69 Å². The van der Waals surface area contributed by atoms with E-state index in [0.717, 1.165) is 10.2 Å². The first-order chi connectivity index (χ1) is 16.0. The van der Waals surface area contributed by atoms with Crippen LogP contribution in [0, 0.1) is 6.92 Å². The van der Waals surface area contributed by atoms with Gasteiger partial charge in [-0.05, 0) is 43.7 Å². The summed E-state index contributed by atoms with van der Waals surface area (Å²) in [6.07, 6.45) is 0. The van der Waals surface area contributed by atoms with Crippen LogP contribution in [0.3, 0.4) is 0 Å². The van der Waals surface area contributed by atoms with Crippen molar-refractivity contribution in [1.82, 2.24) is 10.1 Å². The lowest BCUT2D eigenvalue weighted by atomic mass is 9.99. The molecule has 4 aromatic rings. The van der Waals surface area contributed by atoms with Crippen molar-refractivity contribution in [2.24, 2.45) is 0 Å². The number of rotatable bonds is 6. The maximum Gasteiger partial charge on any atom is 0.295 e. The van der Waals surface area contributed by atoms with Crippen LogP contribution in [0.2, 0.25) is 0 Å². The number of carbonyl (C=O) groups excluding carboxylic acids is 1. The SMILES string of the molecule is CCOc1ccc([C@H]2C(c3nc4ccccc4s3)=C(O)C(=O)N2c2cc(C)on2)cc1OC. The van der Waals surface area contributed by atoms with Crippen LogP contribution in [-0.4, -0.2) is 34.9 Å². The zero-order chi connectivity index (χ0) is 23.1. The Balaban J connectivity index is 1.70. The van der Waals surface area contributed by atoms with Gasteiger partial charge in [0.25, 0.3) is 5.91 Å². The van der Waals surface area contributed by atoms with Crippen molar-refractivity contribution in [3.63, 3.8) is 0 Å². The minimum atomic E-state index is -0.688. The van der Waals surface area contributed by atoms with Crippen LogP contribution in [0.5, 0.6) is 11.5 Å². The standard InChI is InChI=1S/C24H21N3O5S/c1-4-31-16-10-9-14(12-17(16)30-3)21-20(23-25-15-7-5-6-8-18(15)33-23)22(28)24(29)27(21)19-11-13(2)32-26-19/h5-12,21,28H,4H2,1-3H3/t21-/m0/s1. The Morgan fingerprint density at radius 3 is 2.70 bits per heavy atom. The maximum atomic E-state index is 13.3. The Kier molecular flexibility index (Phi) is 5.26. The van der Waals surface area contributed by atoms with E-state index in [1.807, 2.05) is 37.3 Å². The third-order valence-corrected chi connectivity index (χ3v) is 6.47. The van der Waals surface area contributed by atoms with Crippen LogP contribution in [0.25, 0.3) is 15.8 Å². The number of fused-ring (bicyclic) bond motifs is 1. The van der Waals surface area contributed by atoms with Gasteiger partial charge in [0.15, 0.2) is 23.1 Å². The molecule has 2 aromatic heterocycles. The van der Waals surface area contributed by atoms with Gasteiger partial charge in [0, 0.05) is 6.07 Å². The smallest absolute Gasteiger partial charge is 0.295 e. The summed E-state index contributed by atoms with van der Waals surface area (Å²) in [6.45, 7) is 4.12. The topological polar surface area (TPSA) is 97.9 Å². The number of aliphatic hydroxyl groups is 1. The maximum absolute atomic E-state index is 13.3. The van der Waals surface area contributed by atoms with E-state index in [1.165, 1.54) is 16.2 Å². The van der Waals surface area contributed by atoms with E-state index in [-0.39, 0.29) is 5.76 Å². The lowest BCUT2D eigenvalue weighted by Gasteiger charge is -2.25. The molecule has 0 saturated heterocycles. The summed E-state index contributed by atoms with van der Waals surface area (Å²) in [5.41, 5.74) is 1.92. The summed E-state index contributed by atoms with van der Waals surface area (Å²) in [5, 5.41) is 15.6. The van der Waals surface area contributed by atoms with Crippen molar-refractivity contribution in [1.29, 1.82) is 0 Å². The number of methoxy groups -OCH3 is 1. The predicted molar refractivity (Wildman–Crippen MR) is 125 cm³/mol. The zero-order valence-electron chi connectivity index (χ0n) is 18.2. The minimum absolute atomic E-state index is 0.304. The third kappa shape index (κ3) is 3.50. The number of carbonyl (C=O) groups is 1. The number of hydrogen-bond acceptors (Lipinski definition) is 8. The molecule has 1 aliphatic heterocycles. The lowest BCUT2D eigenvalue weighted by molar-refractivity contribution is -0.117. The number of thiazole rings is 1. The van der Waals surface area contributed by atoms with Gasteiger partial charge in [0.2, 0.25) is 0 Å². The monoisotopic (exact) mass is 463 g/mol. The highest BCUT2D eigenvalue weighted by molar-refractivity contribution is 7.19. The van der Waals surface area contributed by atoms with Crippen molar-refractivity contribution >= 4 is 38.9 Å². The molecule has 5 rings (SSSR count). The van der Waals surface area contributed by atoms with Crippen molar-refractivity contribution in [2.45, 2.75) is 19.9 Å². The van der Waals surface area contributed by atoms with Crippen molar-refractivity contribution in [3.05, 3.63) is 70.6 Å². The molecule has 0 bridgehead atoms. The first kappa shape index (κ1) is 21.0. The molecule has 0 aliphatic carbocycles. The average molecular weight is 464 g/mol. The Morgan fingerprint density at radius 2 is 2.00 bits per heavy atom. The van der Waals surface area contributed by atoms with E-state index in [9.17, 15) is 9.90 Å². The summed E-state index contributed by atoms with van der Waals surface area (Å²) in [6, 6.07) is 14.1. The Morgan fingerprint density at radius 1 is 1.18 bits per heavy atom. The van der Waals surface area contributed by atoms with Crippen LogP contribution in [-0.2, 0) is 4.79 Å². The number of ether oxygens (including phenoxy) is 2. The molecule has 2 aromatic carbocycles.